The van der Waals surface area contributed by atoms with Crippen LogP contribution in [0, 0.1) is 86.3 Å². The van der Waals surface area contributed by atoms with Crippen molar-refractivity contribution in [1.29, 1.82) is 15.8 Å². The minimum absolute atomic E-state index is 0.0379. The molecule has 33 heteroatoms. The van der Waals surface area contributed by atoms with Gasteiger partial charge in [0, 0.05) is 93.6 Å². The van der Waals surface area contributed by atoms with Crippen molar-refractivity contribution < 1.29 is 112 Å². The molecule has 18 rings (SSSR count). The number of nitrogens with zero attached hydrogens (tertiary/aromatic N) is 9. The largest absolute Gasteiger partial charge is 0.478 e. The van der Waals surface area contributed by atoms with Crippen molar-refractivity contribution in [1.82, 2.24) is 28.7 Å². The van der Waals surface area contributed by atoms with Crippen LogP contribution in [0.5, 0.6) is 34.5 Å². The number of methoxy groups -OCH3 is 3. The van der Waals surface area contributed by atoms with Gasteiger partial charge in [-0.25, -0.2) is 68.8 Å². The number of para-hydroxylation sites is 3. The fraction of sp³-hybridized carbons (Fsp3) is 0.156. The van der Waals surface area contributed by atoms with Crippen LogP contribution in [0.3, 0.4) is 0 Å². The summed E-state index contributed by atoms with van der Waals surface area (Å²) in [6.45, 7) is 1.84. The third-order valence-corrected chi connectivity index (χ3v) is 21.6. The van der Waals surface area contributed by atoms with Crippen LogP contribution in [0.4, 0.5) is 39.5 Å². The highest BCUT2D eigenvalue weighted by Crippen LogP contribution is 2.52. The second-order valence-corrected chi connectivity index (χ2v) is 29.5. The SMILES string of the molecule is COCCn1c(Cc2cc(F)c(-c3cccc4c3OC(c3ccc(C#N)cc3F)O4)cc2F)nc2ccc(C(=O)O)cc21.COCCn1c(Cc2cc(F)c(-c3cccc4c3OC(c3ccc(C#N)cc3F)O4)cc2F)nc2ccc(C(=O)O)cc21.COCCn1c(Cc2cc(F)c(-c3cccc4c3OC(c3ccc(C#N)cc3F)O4)cc2F)nc2ccc(C(=O)O)cc21. The zero-order chi connectivity index (χ0) is 90.7. The molecule has 3 aliphatic rings. The maximum Gasteiger partial charge on any atom is 0.335 e. The molecule has 0 amide bonds. The molecule has 0 bridgehead atoms. The molecule has 3 aliphatic heterocycles. The lowest BCUT2D eigenvalue weighted by Crippen LogP contribution is -2.10. The summed E-state index contributed by atoms with van der Waals surface area (Å²) >= 11 is 0. The summed E-state index contributed by atoms with van der Waals surface area (Å²) < 4.78 is 193. The predicted molar refractivity (Wildman–Crippen MR) is 445 cm³/mol. The number of rotatable bonds is 24. The number of hydrogen-bond acceptors (Lipinski definition) is 18. The van der Waals surface area contributed by atoms with Crippen LogP contribution >= 0.6 is 0 Å². The van der Waals surface area contributed by atoms with E-state index in [1.165, 1.54) is 94.1 Å². The normalized spacial score (nSPS) is 13.8. The van der Waals surface area contributed by atoms with Gasteiger partial charge in [-0.05, 0) is 180 Å². The third-order valence-electron chi connectivity index (χ3n) is 21.6. The van der Waals surface area contributed by atoms with E-state index < -0.39 is 89.1 Å². The molecule has 24 nitrogen and oxygen atoms in total. The van der Waals surface area contributed by atoms with Gasteiger partial charge in [0.05, 0.1) is 121 Å². The molecule has 3 aromatic heterocycles. The summed E-state index contributed by atoms with van der Waals surface area (Å²) in [6, 6.07) is 51.2. The quantitative estimate of drug-likeness (QED) is 0.0473. The van der Waals surface area contributed by atoms with Crippen molar-refractivity contribution in [2.24, 2.45) is 0 Å². The van der Waals surface area contributed by atoms with Gasteiger partial charge in [0.15, 0.2) is 34.5 Å². The van der Waals surface area contributed by atoms with Crippen LogP contribution < -0.4 is 28.4 Å². The minimum atomic E-state index is -1.18. The molecular weight excluding hydrogens is 1690 g/mol. The molecule has 3 N–H and O–H groups in total. The van der Waals surface area contributed by atoms with Crippen molar-refractivity contribution in [2.75, 3.05) is 41.2 Å². The Balaban J connectivity index is 0.000000142. The van der Waals surface area contributed by atoms with Gasteiger partial charge in [0.2, 0.25) is 0 Å². The van der Waals surface area contributed by atoms with E-state index in [1.54, 1.807) is 86.5 Å². The van der Waals surface area contributed by atoms with E-state index in [1.807, 2.05) is 18.2 Å². The second-order valence-electron chi connectivity index (χ2n) is 29.5. The monoisotopic (exact) mass is 1760 g/mol. The van der Waals surface area contributed by atoms with E-state index in [0.717, 1.165) is 54.6 Å². The standard InChI is InChI=1S/3C32H22F3N3O5/c3*1-41-10-9-38-27-13-18(31(39)40)6-8-26(27)37-29(38)14-19-12-25(35)22(15-23(19)33)20-3-2-4-28-30(20)43-32(42-28)21-7-5-17(16-36)11-24(21)34/h3*2-8,11-13,15,32H,9-10,14H2,1H3,(H,39,40). The number of nitriles is 3. The first kappa shape index (κ1) is 86.5. The fourth-order valence-electron chi connectivity index (χ4n) is 15.2. The number of aromatic nitrogens is 6. The second kappa shape index (κ2) is 36.7. The van der Waals surface area contributed by atoms with Gasteiger partial charge in [0.1, 0.15) is 69.8 Å². The molecule has 129 heavy (non-hydrogen) atoms. The molecule has 15 aromatic rings. The lowest BCUT2D eigenvalue weighted by atomic mass is 10.00. The van der Waals surface area contributed by atoms with Gasteiger partial charge in [0.25, 0.3) is 18.9 Å². The molecule has 648 valence electrons. The van der Waals surface area contributed by atoms with Crippen LogP contribution in [0.2, 0.25) is 0 Å². The van der Waals surface area contributed by atoms with E-state index in [4.69, 9.17) is 58.4 Å². The molecule has 0 saturated carbocycles. The van der Waals surface area contributed by atoms with Crippen molar-refractivity contribution in [3.05, 3.63) is 337 Å². The Kier molecular flexibility index (Phi) is 24.6. The highest BCUT2D eigenvalue weighted by atomic mass is 19.2. The molecule has 0 aliphatic carbocycles. The minimum Gasteiger partial charge on any atom is -0.478 e. The Labute approximate surface area is 725 Å². The van der Waals surface area contributed by atoms with Crippen LogP contribution in [0.25, 0.3) is 66.5 Å². The lowest BCUT2D eigenvalue weighted by Gasteiger charge is -2.13. The molecule has 0 radical (unpaired) electrons. The maximum atomic E-state index is 15.6. The molecule has 0 fully saturated rings. The molecule has 3 atom stereocenters. The van der Waals surface area contributed by atoms with E-state index in [0.29, 0.717) is 90.0 Å². The molecule has 0 spiro atoms. The van der Waals surface area contributed by atoms with Gasteiger partial charge in [-0.1, -0.05) is 36.4 Å². The Morgan fingerprint density at radius 2 is 0.620 bits per heavy atom. The first-order chi connectivity index (χ1) is 62.3. The number of carboxylic acids is 3. The van der Waals surface area contributed by atoms with Gasteiger partial charge in [-0.3, -0.25) is 0 Å². The van der Waals surface area contributed by atoms with E-state index in [9.17, 15) is 42.9 Å². The van der Waals surface area contributed by atoms with Gasteiger partial charge < -0.3 is 71.7 Å². The number of fused-ring (bicyclic) bond motifs is 6. The van der Waals surface area contributed by atoms with Crippen LogP contribution in [0.15, 0.2) is 200 Å². The van der Waals surface area contributed by atoms with Crippen molar-refractivity contribution >= 4 is 51.0 Å². The van der Waals surface area contributed by atoms with Gasteiger partial charge in [-0.15, -0.1) is 0 Å². The van der Waals surface area contributed by atoms with Crippen molar-refractivity contribution in [3.8, 4) is 86.1 Å². The molecule has 6 heterocycles. The number of halogens is 9. The third kappa shape index (κ3) is 17.5. The Hall–Kier alpha value is -16.0. The summed E-state index contributed by atoms with van der Waals surface area (Å²) in [6.07, 6.45) is -3.77. The predicted octanol–water partition coefficient (Wildman–Crippen LogP) is 19.2. The molecule has 12 aromatic carbocycles. The zero-order valence-electron chi connectivity index (χ0n) is 67.8. The number of benzene rings is 12. The number of ether oxygens (including phenoxy) is 9. The number of carboxylic acid groups (broad SMARTS) is 3. The smallest absolute Gasteiger partial charge is 0.335 e. The summed E-state index contributed by atoms with van der Waals surface area (Å²) in [5.41, 5.74) is 4.43. The lowest BCUT2D eigenvalue weighted by molar-refractivity contribution is 0.0453. The Morgan fingerprint density at radius 1 is 0.341 bits per heavy atom. The topological polar surface area (TPSA) is 320 Å². The number of hydrogen-bond donors (Lipinski definition) is 3. The number of carbonyl (C=O) groups is 3. The van der Waals surface area contributed by atoms with Crippen LogP contribution in [-0.2, 0) is 53.1 Å². The first-order valence-corrected chi connectivity index (χ1v) is 39.4. The van der Waals surface area contributed by atoms with Crippen molar-refractivity contribution in [3.63, 3.8) is 0 Å². The first-order valence-electron chi connectivity index (χ1n) is 39.4. The highest BCUT2D eigenvalue weighted by molar-refractivity contribution is 5.95. The molecule has 3 unspecified atom stereocenters. The summed E-state index contributed by atoms with van der Waals surface area (Å²) in [5.74, 6) is -7.38. The fourth-order valence-corrected chi connectivity index (χ4v) is 15.2. The highest BCUT2D eigenvalue weighted by Gasteiger charge is 2.36. The average molecular weight is 1760 g/mol. The summed E-state index contributed by atoms with van der Waals surface area (Å²) in [5, 5.41) is 55.3. The van der Waals surface area contributed by atoms with Crippen LogP contribution in [-0.4, -0.2) is 103 Å². The number of imidazole rings is 3. The molecule has 0 saturated heterocycles. The zero-order valence-corrected chi connectivity index (χ0v) is 67.8. The van der Waals surface area contributed by atoms with E-state index >= 15 is 26.3 Å². The Morgan fingerprint density at radius 3 is 0.868 bits per heavy atom. The van der Waals surface area contributed by atoms with Gasteiger partial charge >= 0.3 is 17.9 Å². The molecular formula is C96H66F9N9O15. The maximum absolute atomic E-state index is 15.6. The number of aromatic carboxylic acids is 3. The summed E-state index contributed by atoms with van der Waals surface area (Å²) in [7, 11) is 4.56. The van der Waals surface area contributed by atoms with Crippen molar-refractivity contribution in [2.45, 2.75) is 57.8 Å². The van der Waals surface area contributed by atoms with Crippen LogP contribution in [0.1, 0.15) is 117 Å². The Bertz CT molecular complexity index is 6520. The van der Waals surface area contributed by atoms with E-state index in [-0.39, 0.29) is 154 Å². The summed E-state index contributed by atoms with van der Waals surface area (Å²) in [4.78, 5) is 48.2. The van der Waals surface area contributed by atoms with E-state index in [2.05, 4.69) is 15.0 Å². The van der Waals surface area contributed by atoms with Gasteiger partial charge in [-0.2, -0.15) is 15.8 Å². The average Bonchev–Trinajstić information content (AvgIpc) is 1.64.